The van der Waals surface area contributed by atoms with E-state index in [0.717, 1.165) is 5.56 Å². The first kappa shape index (κ1) is 16.3. The number of nitrogens with zero attached hydrogens (tertiary/aromatic N) is 2. The topological polar surface area (TPSA) is 97.0 Å². The van der Waals surface area contributed by atoms with Crippen molar-refractivity contribution in [3.63, 3.8) is 0 Å². The Morgan fingerprint density at radius 2 is 2.05 bits per heavy atom. The van der Waals surface area contributed by atoms with Crippen LogP contribution in [0.5, 0.6) is 5.75 Å². The van der Waals surface area contributed by atoms with Gasteiger partial charge in [-0.15, -0.1) is 0 Å². The number of hydrogen-bond acceptors (Lipinski definition) is 5. The van der Waals surface area contributed by atoms with Crippen LogP contribution in [0.3, 0.4) is 0 Å². The third kappa shape index (κ3) is 3.56. The summed E-state index contributed by atoms with van der Waals surface area (Å²) in [5, 5.41) is 6.08. The lowest BCUT2D eigenvalue weighted by atomic mass is 9.86. The molecule has 2 aromatic rings. The molecule has 120 valence electrons. The summed E-state index contributed by atoms with van der Waals surface area (Å²) in [6.45, 7) is 8.43. The predicted octanol–water partition coefficient (Wildman–Crippen LogP) is 2.30. The molecule has 7 nitrogen and oxygen atoms in total. The molecule has 0 aliphatic heterocycles. The Hall–Kier alpha value is -2.09. The summed E-state index contributed by atoms with van der Waals surface area (Å²) in [7, 11) is -3.74. The zero-order chi connectivity index (χ0) is 16.4. The number of H-pyrrole nitrogens is 1. The van der Waals surface area contributed by atoms with E-state index in [4.69, 9.17) is 4.74 Å². The van der Waals surface area contributed by atoms with E-state index >= 15 is 0 Å². The van der Waals surface area contributed by atoms with Crippen LogP contribution in [0.2, 0.25) is 0 Å². The van der Waals surface area contributed by atoms with Gasteiger partial charge in [-0.1, -0.05) is 20.8 Å². The highest BCUT2D eigenvalue weighted by atomic mass is 32.2. The molecule has 0 spiro atoms. The summed E-state index contributed by atoms with van der Waals surface area (Å²) in [6, 6.07) is 4.82. The molecule has 0 aliphatic rings. The molecule has 0 bridgehead atoms. The van der Waals surface area contributed by atoms with Gasteiger partial charge < -0.3 is 4.74 Å². The van der Waals surface area contributed by atoms with Crippen molar-refractivity contribution in [2.24, 2.45) is 0 Å². The van der Waals surface area contributed by atoms with Crippen LogP contribution in [-0.2, 0) is 15.4 Å². The van der Waals surface area contributed by atoms with E-state index in [0.29, 0.717) is 12.4 Å². The quantitative estimate of drug-likeness (QED) is 0.879. The van der Waals surface area contributed by atoms with E-state index in [2.05, 4.69) is 19.9 Å². The Balaban J connectivity index is 2.43. The molecule has 0 saturated carbocycles. The lowest BCUT2D eigenvalue weighted by Gasteiger charge is -2.23. The summed E-state index contributed by atoms with van der Waals surface area (Å²) >= 11 is 0. The Morgan fingerprint density at radius 3 is 2.59 bits per heavy atom. The third-order valence-corrected chi connectivity index (χ3v) is 4.35. The number of rotatable bonds is 5. The lowest BCUT2D eigenvalue weighted by Crippen LogP contribution is -2.18. The SMILES string of the molecule is CCOc1ccc(S(=O)(=O)Nc2ncn[nH]2)cc1C(C)(C)C. The molecule has 0 fully saturated rings. The van der Waals surface area contributed by atoms with Crippen molar-refractivity contribution in [2.75, 3.05) is 11.3 Å². The Morgan fingerprint density at radius 1 is 1.32 bits per heavy atom. The van der Waals surface area contributed by atoms with Gasteiger partial charge in [0.25, 0.3) is 10.0 Å². The van der Waals surface area contributed by atoms with Gasteiger partial charge in [-0.25, -0.2) is 18.2 Å². The van der Waals surface area contributed by atoms with E-state index in [1.165, 1.54) is 12.4 Å². The minimum atomic E-state index is -3.74. The Bertz CT molecular complexity index is 734. The number of hydrogen-bond donors (Lipinski definition) is 2. The lowest BCUT2D eigenvalue weighted by molar-refractivity contribution is 0.329. The van der Waals surface area contributed by atoms with Gasteiger partial charge in [0.05, 0.1) is 11.5 Å². The fraction of sp³-hybridized carbons (Fsp3) is 0.429. The van der Waals surface area contributed by atoms with Gasteiger partial charge in [-0.2, -0.15) is 10.1 Å². The molecule has 0 saturated heterocycles. The van der Waals surface area contributed by atoms with Gasteiger partial charge in [0.2, 0.25) is 5.95 Å². The fourth-order valence-electron chi connectivity index (χ4n) is 1.98. The van der Waals surface area contributed by atoms with Crippen LogP contribution in [-0.4, -0.2) is 30.2 Å². The molecule has 0 radical (unpaired) electrons. The van der Waals surface area contributed by atoms with Crippen molar-refractivity contribution in [1.82, 2.24) is 15.2 Å². The summed E-state index contributed by atoms with van der Waals surface area (Å²) in [6.07, 6.45) is 1.23. The van der Waals surface area contributed by atoms with Crippen LogP contribution in [0.15, 0.2) is 29.4 Å². The molecule has 2 N–H and O–H groups in total. The number of nitrogens with one attached hydrogen (secondary N) is 2. The van der Waals surface area contributed by atoms with Crippen LogP contribution in [0.4, 0.5) is 5.95 Å². The van der Waals surface area contributed by atoms with Crippen LogP contribution < -0.4 is 9.46 Å². The Kier molecular flexibility index (Phi) is 4.41. The first-order valence-electron chi connectivity index (χ1n) is 6.89. The van der Waals surface area contributed by atoms with Gasteiger partial charge in [0.15, 0.2) is 0 Å². The smallest absolute Gasteiger partial charge is 0.264 e. The molecule has 1 heterocycles. The molecule has 8 heteroatoms. The van der Waals surface area contributed by atoms with Crippen LogP contribution in [0.1, 0.15) is 33.3 Å². The number of ether oxygens (including phenoxy) is 1. The van der Waals surface area contributed by atoms with Gasteiger partial charge in [-0.3, -0.25) is 0 Å². The van der Waals surface area contributed by atoms with Gasteiger partial charge in [-0.05, 0) is 30.5 Å². The molecule has 0 aliphatic carbocycles. The molecule has 1 aromatic carbocycles. The standard InChI is InChI=1S/C14H20N4O3S/c1-5-21-12-7-6-10(8-11(12)14(2,3)4)22(19,20)18-13-15-9-16-17-13/h6-9H,5H2,1-4H3,(H2,15,16,17,18). The summed E-state index contributed by atoms with van der Waals surface area (Å²) in [5.74, 6) is 0.764. The van der Waals surface area contributed by atoms with E-state index in [9.17, 15) is 8.42 Å². The highest BCUT2D eigenvalue weighted by Crippen LogP contribution is 2.33. The monoisotopic (exact) mass is 324 g/mol. The van der Waals surface area contributed by atoms with Crippen molar-refractivity contribution < 1.29 is 13.2 Å². The third-order valence-electron chi connectivity index (χ3n) is 3.02. The van der Waals surface area contributed by atoms with Crippen molar-refractivity contribution in [3.8, 4) is 5.75 Å². The molecule has 2 rings (SSSR count). The van der Waals surface area contributed by atoms with E-state index < -0.39 is 10.0 Å². The zero-order valence-electron chi connectivity index (χ0n) is 13.0. The average Bonchev–Trinajstić information content (AvgIpc) is 2.90. The molecule has 0 atom stereocenters. The normalized spacial score (nSPS) is 12.2. The number of aromatic amines is 1. The van der Waals surface area contributed by atoms with E-state index in [1.54, 1.807) is 12.1 Å². The highest BCUT2D eigenvalue weighted by Gasteiger charge is 2.23. The minimum absolute atomic E-state index is 0.0752. The zero-order valence-corrected chi connectivity index (χ0v) is 13.9. The van der Waals surface area contributed by atoms with Crippen molar-refractivity contribution in [2.45, 2.75) is 38.0 Å². The van der Waals surface area contributed by atoms with Gasteiger partial charge in [0, 0.05) is 5.56 Å². The molecule has 0 unspecified atom stereocenters. The maximum atomic E-state index is 12.4. The summed E-state index contributed by atoms with van der Waals surface area (Å²) < 4.78 is 32.8. The summed E-state index contributed by atoms with van der Waals surface area (Å²) in [4.78, 5) is 3.91. The van der Waals surface area contributed by atoms with Crippen LogP contribution in [0, 0.1) is 0 Å². The maximum absolute atomic E-state index is 12.4. The first-order chi connectivity index (χ1) is 10.2. The van der Waals surface area contributed by atoms with Crippen molar-refractivity contribution >= 4 is 16.0 Å². The van der Waals surface area contributed by atoms with Crippen LogP contribution >= 0.6 is 0 Å². The molecule has 22 heavy (non-hydrogen) atoms. The summed E-state index contributed by atoms with van der Waals surface area (Å²) in [5.41, 5.74) is 0.581. The maximum Gasteiger partial charge on any atom is 0.264 e. The van der Waals surface area contributed by atoms with Crippen LogP contribution in [0.25, 0.3) is 0 Å². The average molecular weight is 324 g/mol. The number of anilines is 1. The minimum Gasteiger partial charge on any atom is -0.494 e. The number of benzene rings is 1. The largest absolute Gasteiger partial charge is 0.494 e. The highest BCUT2D eigenvalue weighted by molar-refractivity contribution is 7.92. The van der Waals surface area contributed by atoms with E-state index in [1.807, 2.05) is 27.7 Å². The molecule has 0 amide bonds. The molecule has 1 aromatic heterocycles. The first-order valence-corrected chi connectivity index (χ1v) is 8.38. The molecular formula is C14H20N4O3S. The van der Waals surface area contributed by atoms with E-state index in [-0.39, 0.29) is 16.3 Å². The second-order valence-electron chi connectivity index (χ2n) is 5.78. The van der Waals surface area contributed by atoms with Crippen molar-refractivity contribution in [3.05, 3.63) is 30.1 Å². The van der Waals surface area contributed by atoms with Crippen molar-refractivity contribution in [1.29, 1.82) is 0 Å². The molecular weight excluding hydrogens is 304 g/mol. The predicted molar refractivity (Wildman–Crippen MR) is 83.5 cm³/mol. The number of sulfonamides is 1. The fourth-order valence-corrected chi connectivity index (χ4v) is 2.98. The second kappa shape index (κ2) is 5.96. The van der Waals surface area contributed by atoms with Gasteiger partial charge >= 0.3 is 0 Å². The second-order valence-corrected chi connectivity index (χ2v) is 7.46. The number of aromatic nitrogens is 3. The van der Waals surface area contributed by atoms with Gasteiger partial charge in [0.1, 0.15) is 12.1 Å². The Labute approximate surface area is 130 Å².